The van der Waals surface area contributed by atoms with E-state index in [9.17, 15) is 4.79 Å². The van der Waals surface area contributed by atoms with Crippen molar-refractivity contribution in [3.63, 3.8) is 0 Å². The van der Waals surface area contributed by atoms with E-state index in [4.69, 9.17) is 15.6 Å². The summed E-state index contributed by atoms with van der Waals surface area (Å²) in [6.07, 6.45) is 0. The molecule has 0 amide bonds. The van der Waals surface area contributed by atoms with E-state index in [1.54, 1.807) is 30.3 Å². The molecule has 0 bridgehead atoms. The Hall–Kier alpha value is -1.85. The van der Waals surface area contributed by atoms with Crippen LogP contribution in [0.15, 0.2) is 46.9 Å². The van der Waals surface area contributed by atoms with Crippen molar-refractivity contribution >= 4 is 27.6 Å². The monoisotopic (exact) mass is 335 g/mol. The highest BCUT2D eigenvalue weighted by Gasteiger charge is 2.09. The van der Waals surface area contributed by atoms with Gasteiger partial charge in [-0.05, 0) is 29.3 Å². The van der Waals surface area contributed by atoms with Crippen LogP contribution in [0.2, 0.25) is 0 Å². The number of rotatable bonds is 4. The minimum absolute atomic E-state index is 0.00259. The fourth-order valence-corrected chi connectivity index (χ4v) is 2.21. The molecule has 20 heavy (non-hydrogen) atoms. The summed E-state index contributed by atoms with van der Waals surface area (Å²) in [4.78, 5) is 11.9. The molecular weight excluding hydrogens is 322 g/mol. The molecule has 0 spiro atoms. The van der Waals surface area contributed by atoms with Crippen molar-refractivity contribution < 1.29 is 14.6 Å². The van der Waals surface area contributed by atoms with Gasteiger partial charge in [-0.25, -0.2) is 4.79 Å². The van der Waals surface area contributed by atoms with E-state index in [0.29, 0.717) is 11.3 Å². The third-order valence-corrected chi connectivity index (χ3v) is 3.19. The van der Waals surface area contributed by atoms with E-state index in [1.165, 1.54) is 0 Å². The van der Waals surface area contributed by atoms with Gasteiger partial charge in [0.15, 0.2) is 0 Å². The smallest absolute Gasteiger partial charge is 0.338 e. The summed E-state index contributed by atoms with van der Waals surface area (Å²) in [5.41, 5.74) is 8.26. The quantitative estimate of drug-likeness (QED) is 0.665. The highest BCUT2D eigenvalue weighted by Crippen LogP contribution is 2.18. The first-order chi connectivity index (χ1) is 9.58. The number of esters is 1. The van der Waals surface area contributed by atoms with Crippen LogP contribution in [0.5, 0.6) is 0 Å². The van der Waals surface area contributed by atoms with Crippen LogP contribution >= 0.6 is 15.9 Å². The normalized spacial score (nSPS) is 10.3. The second-order valence-corrected chi connectivity index (χ2v) is 5.24. The topological polar surface area (TPSA) is 72.6 Å². The van der Waals surface area contributed by atoms with Gasteiger partial charge in [0.25, 0.3) is 0 Å². The van der Waals surface area contributed by atoms with Crippen LogP contribution in [0.4, 0.5) is 5.69 Å². The van der Waals surface area contributed by atoms with Crippen molar-refractivity contribution in [2.24, 2.45) is 0 Å². The SMILES string of the molecule is Nc1cc(Br)cc(C(=O)OCc2ccc(CO)cc2)c1. The number of aliphatic hydroxyl groups excluding tert-OH is 1. The first-order valence-corrected chi connectivity index (χ1v) is 6.79. The predicted octanol–water partition coefficient (Wildman–Crippen LogP) is 2.88. The third-order valence-electron chi connectivity index (χ3n) is 2.73. The second kappa shape index (κ2) is 6.54. The van der Waals surface area contributed by atoms with Crippen LogP contribution in [0.25, 0.3) is 0 Å². The number of aliphatic hydroxyl groups is 1. The Bertz CT molecular complexity index is 591. The van der Waals surface area contributed by atoms with Gasteiger partial charge in [0.1, 0.15) is 6.61 Å². The van der Waals surface area contributed by atoms with E-state index in [-0.39, 0.29) is 13.2 Å². The van der Waals surface area contributed by atoms with Crippen LogP contribution in [0.1, 0.15) is 21.5 Å². The molecule has 0 aliphatic rings. The molecule has 0 saturated heterocycles. The van der Waals surface area contributed by atoms with Gasteiger partial charge < -0.3 is 15.6 Å². The molecule has 104 valence electrons. The molecule has 2 aromatic carbocycles. The standard InChI is InChI=1S/C15H14BrNO3/c16-13-5-12(6-14(17)7-13)15(19)20-9-11-3-1-10(8-18)2-4-11/h1-7,18H,8-9,17H2. The molecular formula is C15H14BrNO3. The van der Waals surface area contributed by atoms with Crippen molar-refractivity contribution in [3.8, 4) is 0 Å². The van der Waals surface area contributed by atoms with Gasteiger partial charge in [0.2, 0.25) is 0 Å². The lowest BCUT2D eigenvalue weighted by Crippen LogP contribution is -2.06. The van der Waals surface area contributed by atoms with Gasteiger partial charge in [-0.15, -0.1) is 0 Å². The fourth-order valence-electron chi connectivity index (χ4n) is 1.70. The van der Waals surface area contributed by atoms with Gasteiger partial charge in [0.05, 0.1) is 12.2 Å². The van der Waals surface area contributed by atoms with E-state index in [2.05, 4.69) is 15.9 Å². The molecule has 0 heterocycles. The molecule has 3 N–H and O–H groups in total. The average molecular weight is 336 g/mol. The number of benzene rings is 2. The minimum Gasteiger partial charge on any atom is -0.457 e. The Morgan fingerprint density at radius 1 is 1.15 bits per heavy atom. The van der Waals surface area contributed by atoms with Crippen LogP contribution in [-0.2, 0) is 18.0 Å². The first kappa shape index (κ1) is 14.6. The number of carbonyl (C=O) groups is 1. The molecule has 0 radical (unpaired) electrons. The highest BCUT2D eigenvalue weighted by molar-refractivity contribution is 9.10. The molecule has 0 fully saturated rings. The van der Waals surface area contributed by atoms with Gasteiger partial charge in [0, 0.05) is 10.2 Å². The van der Waals surface area contributed by atoms with Gasteiger partial charge in [-0.1, -0.05) is 40.2 Å². The van der Waals surface area contributed by atoms with Crippen molar-refractivity contribution in [2.75, 3.05) is 5.73 Å². The maximum Gasteiger partial charge on any atom is 0.338 e. The molecule has 2 rings (SSSR count). The van der Waals surface area contributed by atoms with Gasteiger partial charge in [-0.3, -0.25) is 0 Å². The second-order valence-electron chi connectivity index (χ2n) is 4.32. The fraction of sp³-hybridized carbons (Fsp3) is 0.133. The maximum atomic E-state index is 11.9. The third kappa shape index (κ3) is 3.82. The number of ether oxygens (including phenoxy) is 1. The summed E-state index contributed by atoms with van der Waals surface area (Å²) in [6, 6.07) is 12.2. The summed E-state index contributed by atoms with van der Waals surface area (Å²) >= 11 is 3.28. The zero-order valence-electron chi connectivity index (χ0n) is 10.7. The van der Waals surface area contributed by atoms with Crippen molar-refractivity contribution in [1.29, 1.82) is 0 Å². The largest absolute Gasteiger partial charge is 0.457 e. The summed E-state index contributed by atoms with van der Waals surface area (Å²) in [6.45, 7) is 0.175. The average Bonchev–Trinajstić information content (AvgIpc) is 2.44. The number of hydrogen-bond acceptors (Lipinski definition) is 4. The molecule has 4 nitrogen and oxygen atoms in total. The summed E-state index contributed by atoms with van der Waals surface area (Å²) < 4.78 is 5.95. The molecule has 0 aliphatic carbocycles. The molecule has 0 atom stereocenters. The van der Waals surface area contributed by atoms with Gasteiger partial charge in [-0.2, -0.15) is 0 Å². The predicted molar refractivity (Wildman–Crippen MR) is 80.0 cm³/mol. The van der Waals surface area contributed by atoms with E-state index < -0.39 is 5.97 Å². The number of anilines is 1. The zero-order valence-corrected chi connectivity index (χ0v) is 12.3. The number of halogens is 1. The van der Waals surface area contributed by atoms with Crippen molar-refractivity contribution in [3.05, 3.63) is 63.6 Å². The zero-order chi connectivity index (χ0) is 14.5. The van der Waals surface area contributed by atoms with Crippen LogP contribution in [-0.4, -0.2) is 11.1 Å². The van der Waals surface area contributed by atoms with Gasteiger partial charge >= 0.3 is 5.97 Å². The number of carbonyl (C=O) groups excluding carboxylic acids is 1. The lowest BCUT2D eigenvalue weighted by atomic mass is 10.1. The first-order valence-electron chi connectivity index (χ1n) is 6.00. The lowest BCUT2D eigenvalue weighted by Gasteiger charge is -2.07. The Balaban J connectivity index is 2.00. The van der Waals surface area contributed by atoms with E-state index in [0.717, 1.165) is 15.6 Å². The Kier molecular flexibility index (Phi) is 4.76. The minimum atomic E-state index is -0.427. The van der Waals surface area contributed by atoms with E-state index >= 15 is 0 Å². The molecule has 0 unspecified atom stereocenters. The molecule has 5 heteroatoms. The summed E-state index contributed by atoms with van der Waals surface area (Å²) in [7, 11) is 0. The maximum absolute atomic E-state index is 11.9. The summed E-state index contributed by atoms with van der Waals surface area (Å²) in [5.74, 6) is -0.427. The van der Waals surface area contributed by atoms with Crippen molar-refractivity contribution in [2.45, 2.75) is 13.2 Å². The van der Waals surface area contributed by atoms with Crippen LogP contribution < -0.4 is 5.73 Å². The molecule has 0 aromatic heterocycles. The Labute approximate surface area is 125 Å². The number of hydrogen-bond donors (Lipinski definition) is 2. The van der Waals surface area contributed by atoms with Crippen molar-refractivity contribution in [1.82, 2.24) is 0 Å². The summed E-state index contributed by atoms with van der Waals surface area (Å²) in [5, 5.41) is 8.95. The number of nitrogen functional groups attached to an aromatic ring is 1. The van der Waals surface area contributed by atoms with Crippen LogP contribution in [0.3, 0.4) is 0 Å². The highest BCUT2D eigenvalue weighted by atomic mass is 79.9. The Morgan fingerprint density at radius 3 is 2.40 bits per heavy atom. The van der Waals surface area contributed by atoms with E-state index in [1.807, 2.05) is 12.1 Å². The number of nitrogens with two attached hydrogens (primary N) is 1. The Morgan fingerprint density at radius 2 is 1.80 bits per heavy atom. The van der Waals surface area contributed by atoms with Crippen LogP contribution in [0, 0.1) is 0 Å². The molecule has 0 saturated carbocycles. The molecule has 2 aromatic rings. The molecule has 0 aliphatic heterocycles. The lowest BCUT2D eigenvalue weighted by molar-refractivity contribution is 0.0472.